The van der Waals surface area contributed by atoms with Crippen molar-refractivity contribution in [2.45, 2.75) is 52.8 Å². The number of hydrogen-bond donors (Lipinski definition) is 0. The number of unbranched alkanes of at least 4 members (excludes halogenated alkanes) is 1. The van der Waals surface area contributed by atoms with Gasteiger partial charge in [0.05, 0.1) is 16.9 Å². The van der Waals surface area contributed by atoms with E-state index in [1.807, 2.05) is 13.8 Å². The molecular weight excluding hydrogens is 409 g/mol. The van der Waals surface area contributed by atoms with Crippen LogP contribution in [0.5, 0.6) is 0 Å². The van der Waals surface area contributed by atoms with Crippen LogP contribution >= 0.6 is 15.9 Å². The predicted octanol–water partition coefficient (Wildman–Crippen LogP) is 5.67. The summed E-state index contributed by atoms with van der Waals surface area (Å²) < 4.78 is 44.4. The van der Waals surface area contributed by atoms with Crippen molar-refractivity contribution in [3.8, 4) is 5.69 Å². The normalized spacial score (nSPS) is 12.3. The lowest BCUT2D eigenvalue weighted by atomic mass is 10.1. The fourth-order valence-corrected chi connectivity index (χ4v) is 3.51. The molecule has 4 nitrogen and oxygen atoms in total. The first-order valence-corrected chi connectivity index (χ1v) is 9.39. The Bertz CT molecular complexity index is 940. The van der Waals surface area contributed by atoms with Crippen LogP contribution in [-0.4, -0.2) is 19.3 Å². The fourth-order valence-electron chi connectivity index (χ4n) is 3.15. The third-order valence-electron chi connectivity index (χ3n) is 4.37. The van der Waals surface area contributed by atoms with Crippen molar-refractivity contribution in [2.75, 3.05) is 0 Å². The van der Waals surface area contributed by atoms with Gasteiger partial charge in [-0.2, -0.15) is 18.3 Å². The van der Waals surface area contributed by atoms with Crippen molar-refractivity contribution in [3.63, 3.8) is 0 Å². The first-order chi connectivity index (χ1) is 12.3. The number of alkyl halides is 3. The summed E-state index contributed by atoms with van der Waals surface area (Å²) in [6.07, 6.45) is -1.76. The monoisotopic (exact) mass is 428 g/mol. The summed E-state index contributed by atoms with van der Waals surface area (Å²) in [5.74, 6) is 0.869. The lowest BCUT2D eigenvalue weighted by Crippen LogP contribution is -2.12. The van der Waals surface area contributed by atoms with E-state index < -0.39 is 11.7 Å². The van der Waals surface area contributed by atoms with Gasteiger partial charge in [0.1, 0.15) is 11.3 Å². The summed E-state index contributed by atoms with van der Waals surface area (Å²) in [6.45, 7) is 6.70. The first kappa shape index (κ1) is 18.9. The van der Waals surface area contributed by atoms with E-state index in [0.717, 1.165) is 36.8 Å². The lowest BCUT2D eigenvalue weighted by Gasteiger charge is -2.13. The largest absolute Gasteiger partial charge is 0.418 e. The van der Waals surface area contributed by atoms with E-state index in [1.54, 1.807) is 6.07 Å². The Morgan fingerprint density at radius 3 is 2.54 bits per heavy atom. The van der Waals surface area contributed by atoms with Gasteiger partial charge in [-0.05, 0) is 31.5 Å². The molecule has 0 unspecified atom stereocenters. The number of rotatable bonds is 5. The van der Waals surface area contributed by atoms with Gasteiger partial charge in [0.25, 0.3) is 0 Å². The molecule has 0 saturated carbocycles. The van der Waals surface area contributed by atoms with Crippen LogP contribution in [0.1, 0.15) is 43.8 Å². The van der Waals surface area contributed by atoms with E-state index >= 15 is 0 Å². The second kappa shape index (κ2) is 7.06. The van der Waals surface area contributed by atoms with Gasteiger partial charge in [-0.15, -0.1) is 0 Å². The molecule has 140 valence electrons. The van der Waals surface area contributed by atoms with Crippen molar-refractivity contribution >= 4 is 27.1 Å². The Labute approximate surface area is 158 Å². The lowest BCUT2D eigenvalue weighted by molar-refractivity contribution is -0.137. The van der Waals surface area contributed by atoms with Gasteiger partial charge >= 0.3 is 6.18 Å². The number of aryl methyl sites for hydroxylation is 3. The fraction of sp³-hybridized carbons (Fsp3) is 0.444. The molecule has 2 aromatic heterocycles. The molecule has 2 heterocycles. The average molecular weight is 429 g/mol. The minimum absolute atomic E-state index is 0.0124. The second-order valence-electron chi connectivity index (χ2n) is 6.22. The maximum absolute atomic E-state index is 13.6. The molecule has 1 aromatic carbocycles. The van der Waals surface area contributed by atoms with Gasteiger partial charge in [-0.1, -0.05) is 36.2 Å². The zero-order valence-electron chi connectivity index (χ0n) is 14.9. The van der Waals surface area contributed by atoms with E-state index in [2.05, 4.69) is 37.5 Å². The van der Waals surface area contributed by atoms with Crippen molar-refractivity contribution < 1.29 is 13.2 Å². The predicted molar refractivity (Wildman–Crippen MR) is 98.6 cm³/mol. The smallest absolute Gasteiger partial charge is 0.325 e. The van der Waals surface area contributed by atoms with Gasteiger partial charge in [0, 0.05) is 17.4 Å². The number of nitrogens with zero attached hydrogens (tertiary/aromatic N) is 4. The minimum atomic E-state index is -4.48. The third-order valence-corrected chi connectivity index (χ3v) is 4.86. The highest BCUT2D eigenvalue weighted by molar-refractivity contribution is 9.10. The van der Waals surface area contributed by atoms with Crippen LogP contribution in [0.3, 0.4) is 0 Å². The summed E-state index contributed by atoms with van der Waals surface area (Å²) in [6, 6.07) is 4.09. The van der Waals surface area contributed by atoms with Gasteiger partial charge < -0.3 is 4.57 Å². The summed E-state index contributed by atoms with van der Waals surface area (Å²) >= 11 is 3.12. The Hall–Kier alpha value is -1.83. The quantitative estimate of drug-likeness (QED) is 0.524. The SMILES string of the molecule is CCCCn1c(CC)nc2c1c(C)nn2-c1ccc(Br)cc1C(F)(F)F. The third kappa shape index (κ3) is 3.26. The van der Waals surface area contributed by atoms with Crippen molar-refractivity contribution in [1.29, 1.82) is 0 Å². The highest BCUT2D eigenvalue weighted by Gasteiger charge is 2.35. The van der Waals surface area contributed by atoms with Crippen molar-refractivity contribution in [3.05, 3.63) is 39.8 Å². The maximum Gasteiger partial charge on any atom is 0.418 e. The Kier molecular flexibility index (Phi) is 5.14. The van der Waals surface area contributed by atoms with Crippen molar-refractivity contribution in [1.82, 2.24) is 19.3 Å². The standard InChI is InChI=1S/C18H20BrF3N4/c1-4-6-9-25-15(5-2)23-17-16(25)11(3)24-26(17)14-8-7-12(19)10-13(14)18(20,21)22/h7-8,10H,4-6,9H2,1-3H3. The zero-order chi connectivity index (χ0) is 19.1. The topological polar surface area (TPSA) is 35.6 Å². The van der Waals surface area contributed by atoms with Gasteiger partial charge in [0.15, 0.2) is 5.65 Å². The van der Waals surface area contributed by atoms with Gasteiger partial charge in [0.2, 0.25) is 0 Å². The Balaban J connectivity index is 2.27. The highest BCUT2D eigenvalue weighted by Crippen LogP contribution is 2.37. The van der Waals surface area contributed by atoms with Crippen LogP contribution in [0.25, 0.3) is 16.9 Å². The molecule has 0 atom stereocenters. The molecule has 3 rings (SSSR count). The molecule has 0 aliphatic heterocycles. The molecule has 3 aromatic rings. The van der Waals surface area contributed by atoms with E-state index in [0.29, 0.717) is 22.2 Å². The number of hydrogen-bond acceptors (Lipinski definition) is 2. The summed E-state index contributed by atoms with van der Waals surface area (Å²) in [4.78, 5) is 4.61. The molecule has 0 aliphatic carbocycles. The molecule has 0 N–H and O–H groups in total. The molecule has 0 bridgehead atoms. The van der Waals surface area contributed by atoms with Gasteiger partial charge in [-0.25, -0.2) is 9.67 Å². The average Bonchev–Trinajstić information content (AvgIpc) is 3.09. The molecule has 0 fully saturated rings. The molecular formula is C18H20BrF3N4. The van der Waals surface area contributed by atoms with Gasteiger partial charge in [-0.3, -0.25) is 0 Å². The van der Waals surface area contributed by atoms with Crippen LogP contribution in [0.15, 0.2) is 22.7 Å². The zero-order valence-corrected chi connectivity index (χ0v) is 16.4. The number of halogens is 4. The number of imidazole rings is 1. The van der Waals surface area contributed by atoms with Crippen LogP contribution < -0.4 is 0 Å². The van der Waals surface area contributed by atoms with Crippen LogP contribution in [0.4, 0.5) is 13.2 Å². The molecule has 8 heteroatoms. The Morgan fingerprint density at radius 2 is 1.92 bits per heavy atom. The molecule has 0 saturated heterocycles. The summed E-state index contributed by atoms with van der Waals surface area (Å²) in [5.41, 5.74) is 1.22. The maximum atomic E-state index is 13.6. The molecule has 0 spiro atoms. The van der Waals surface area contributed by atoms with E-state index in [4.69, 9.17) is 0 Å². The summed E-state index contributed by atoms with van der Waals surface area (Å²) in [7, 11) is 0. The van der Waals surface area contributed by atoms with E-state index in [1.165, 1.54) is 10.7 Å². The second-order valence-corrected chi connectivity index (χ2v) is 7.13. The van der Waals surface area contributed by atoms with Crippen LogP contribution in [0.2, 0.25) is 0 Å². The van der Waals surface area contributed by atoms with Crippen molar-refractivity contribution in [2.24, 2.45) is 0 Å². The van der Waals surface area contributed by atoms with E-state index in [-0.39, 0.29) is 5.69 Å². The number of fused-ring (bicyclic) bond motifs is 1. The molecule has 0 radical (unpaired) electrons. The minimum Gasteiger partial charge on any atom is -0.325 e. The molecule has 0 aliphatic rings. The first-order valence-electron chi connectivity index (χ1n) is 8.59. The van der Waals surface area contributed by atoms with Crippen LogP contribution in [-0.2, 0) is 19.1 Å². The Morgan fingerprint density at radius 1 is 1.19 bits per heavy atom. The molecule has 0 amide bonds. The number of benzene rings is 1. The number of aromatic nitrogens is 4. The van der Waals surface area contributed by atoms with Crippen LogP contribution in [0, 0.1) is 6.92 Å². The molecule has 26 heavy (non-hydrogen) atoms. The summed E-state index contributed by atoms with van der Waals surface area (Å²) in [5, 5.41) is 4.39. The van der Waals surface area contributed by atoms with E-state index in [9.17, 15) is 13.2 Å². The highest BCUT2D eigenvalue weighted by atomic mass is 79.9.